The predicted molar refractivity (Wildman–Crippen MR) is 143 cm³/mol. The molecule has 2 aromatic heterocycles. The molecule has 4 aromatic rings. The van der Waals surface area contributed by atoms with E-state index in [0.29, 0.717) is 49.0 Å². The molecule has 2 aromatic carbocycles. The van der Waals surface area contributed by atoms with Gasteiger partial charge in [-0.25, -0.2) is 8.42 Å². The summed E-state index contributed by atoms with van der Waals surface area (Å²) in [7, 11) is -2.84. The second kappa shape index (κ2) is 10.1. The van der Waals surface area contributed by atoms with Crippen LogP contribution < -0.4 is 28.4 Å². The van der Waals surface area contributed by atoms with Crippen molar-refractivity contribution >= 4 is 67.2 Å². The van der Waals surface area contributed by atoms with E-state index in [1.807, 2.05) is 0 Å². The molecule has 0 fully saturated rings. The fourth-order valence-electron chi connectivity index (χ4n) is 3.63. The summed E-state index contributed by atoms with van der Waals surface area (Å²) in [6.07, 6.45) is 0. The van der Waals surface area contributed by atoms with Gasteiger partial charge in [-0.2, -0.15) is 8.42 Å². The Morgan fingerprint density at radius 3 is 1.65 bits per heavy atom. The average molecular weight is 583 g/mol. The SMILES string of the molecule is COc1cc(OC)c2cc(C(=S(=O)=O)S(=O)(=O)c3cc4c(OC)cc(OC)cc4sc3=O)c(=O)sc2c1. The first kappa shape index (κ1) is 26.6. The Kier molecular flexibility index (Phi) is 7.28. The molecule has 0 N–H and O–H groups in total. The highest BCUT2D eigenvalue weighted by molar-refractivity contribution is 8.16. The first-order valence-electron chi connectivity index (χ1n) is 10.2. The normalized spacial score (nSPS) is 11.4. The maximum absolute atomic E-state index is 13.6. The number of sulfone groups is 1. The lowest BCUT2D eigenvalue weighted by molar-refractivity contribution is 0.398. The smallest absolute Gasteiger partial charge is 0.252 e. The van der Waals surface area contributed by atoms with Crippen molar-refractivity contribution < 1.29 is 35.8 Å². The van der Waals surface area contributed by atoms with Crippen molar-refractivity contribution in [1.29, 1.82) is 0 Å². The lowest BCUT2D eigenvalue weighted by Crippen LogP contribution is -2.26. The molecule has 0 aliphatic heterocycles. The topological polar surface area (TPSA) is 139 Å². The van der Waals surface area contributed by atoms with E-state index in [2.05, 4.69) is 0 Å². The van der Waals surface area contributed by atoms with Gasteiger partial charge in [0.15, 0.2) is 0 Å². The summed E-state index contributed by atoms with van der Waals surface area (Å²) < 4.78 is 70.6. The number of fused-ring (bicyclic) bond motifs is 2. The van der Waals surface area contributed by atoms with Crippen molar-refractivity contribution in [1.82, 2.24) is 0 Å². The van der Waals surface area contributed by atoms with Gasteiger partial charge in [0.05, 0.1) is 34.0 Å². The van der Waals surface area contributed by atoms with E-state index in [1.54, 1.807) is 0 Å². The number of hydrogen-bond donors (Lipinski definition) is 0. The van der Waals surface area contributed by atoms with E-state index in [9.17, 15) is 26.4 Å². The van der Waals surface area contributed by atoms with E-state index in [1.165, 1.54) is 52.7 Å². The molecule has 14 heteroatoms. The van der Waals surface area contributed by atoms with Crippen molar-refractivity contribution in [3.8, 4) is 23.0 Å². The highest BCUT2D eigenvalue weighted by Gasteiger charge is 2.32. The largest absolute Gasteiger partial charge is 0.497 e. The molecule has 0 aliphatic carbocycles. The second-order valence-electron chi connectivity index (χ2n) is 7.35. The van der Waals surface area contributed by atoms with Gasteiger partial charge in [0.1, 0.15) is 27.9 Å². The van der Waals surface area contributed by atoms with Crippen LogP contribution in [-0.2, 0) is 20.1 Å². The zero-order chi connectivity index (χ0) is 27.1. The highest BCUT2D eigenvalue weighted by atomic mass is 32.2. The molecule has 0 amide bonds. The molecule has 2 heterocycles. The minimum Gasteiger partial charge on any atom is -0.497 e. The van der Waals surface area contributed by atoms with Crippen molar-refractivity contribution in [2.45, 2.75) is 4.90 Å². The van der Waals surface area contributed by atoms with Crippen molar-refractivity contribution in [3.63, 3.8) is 0 Å². The maximum Gasteiger partial charge on any atom is 0.252 e. The Morgan fingerprint density at radius 2 is 1.19 bits per heavy atom. The summed E-state index contributed by atoms with van der Waals surface area (Å²) in [5.41, 5.74) is -0.611. The van der Waals surface area contributed by atoms with Gasteiger partial charge in [-0.1, -0.05) is 22.7 Å². The van der Waals surface area contributed by atoms with Crippen molar-refractivity contribution in [2.24, 2.45) is 0 Å². The molecule has 0 saturated carbocycles. The lowest BCUT2D eigenvalue weighted by Gasteiger charge is -2.11. The van der Waals surface area contributed by atoms with Crippen LogP contribution in [0.2, 0.25) is 0 Å². The van der Waals surface area contributed by atoms with Crippen molar-refractivity contribution in [3.05, 3.63) is 61.0 Å². The quantitative estimate of drug-likeness (QED) is 0.312. The summed E-state index contributed by atoms with van der Waals surface area (Å²) in [6.45, 7) is 0. The number of hydrogen-bond acceptors (Lipinski definition) is 12. The monoisotopic (exact) mass is 582 g/mol. The summed E-state index contributed by atoms with van der Waals surface area (Å²) in [4.78, 5) is 25.1. The number of rotatable bonds is 6. The zero-order valence-corrected chi connectivity index (χ0v) is 22.9. The summed E-state index contributed by atoms with van der Waals surface area (Å²) >= 11 is 1.19. The van der Waals surface area contributed by atoms with Crippen molar-refractivity contribution in [2.75, 3.05) is 28.4 Å². The van der Waals surface area contributed by atoms with Gasteiger partial charge in [-0.3, -0.25) is 9.59 Å². The van der Waals surface area contributed by atoms with Crippen LogP contribution in [0.1, 0.15) is 5.56 Å². The van der Waals surface area contributed by atoms with Gasteiger partial charge >= 0.3 is 0 Å². The van der Waals surface area contributed by atoms with E-state index in [0.717, 1.165) is 12.1 Å². The van der Waals surface area contributed by atoms with Crippen LogP contribution in [0, 0.1) is 0 Å². The third kappa shape index (κ3) is 4.68. The Morgan fingerprint density at radius 1 is 0.703 bits per heavy atom. The third-order valence-electron chi connectivity index (χ3n) is 5.36. The highest BCUT2D eigenvalue weighted by Crippen LogP contribution is 2.35. The Hall–Kier alpha value is -3.46. The van der Waals surface area contributed by atoms with Gasteiger partial charge in [0, 0.05) is 32.3 Å². The molecule has 37 heavy (non-hydrogen) atoms. The van der Waals surface area contributed by atoms with Gasteiger partial charge in [0.2, 0.25) is 29.1 Å². The Bertz CT molecular complexity index is 1930. The van der Waals surface area contributed by atoms with E-state index in [4.69, 9.17) is 18.9 Å². The van der Waals surface area contributed by atoms with Crippen LogP contribution in [0.4, 0.5) is 0 Å². The van der Waals surface area contributed by atoms with Gasteiger partial charge in [-0.15, -0.1) is 0 Å². The predicted octanol–water partition coefficient (Wildman–Crippen LogP) is 2.70. The minimum absolute atomic E-state index is 0.211. The van der Waals surface area contributed by atoms with E-state index < -0.39 is 44.3 Å². The molecule has 0 atom stereocenters. The van der Waals surface area contributed by atoms with Crippen LogP contribution in [0.5, 0.6) is 23.0 Å². The molecule has 0 unspecified atom stereocenters. The Balaban J connectivity index is 2.03. The molecule has 0 spiro atoms. The summed E-state index contributed by atoms with van der Waals surface area (Å²) in [6, 6.07) is 8.22. The minimum atomic E-state index is -4.98. The van der Waals surface area contributed by atoms with Crippen LogP contribution >= 0.6 is 22.7 Å². The molecule has 0 aliphatic rings. The Labute approximate surface area is 219 Å². The number of ether oxygens (including phenoxy) is 4. The van der Waals surface area contributed by atoms with Crippen LogP contribution in [0.3, 0.4) is 0 Å². The van der Waals surface area contributed by atoms with E-state index >= 15 is 0 Å². The molecule has 10 nitrogen and oxygen atoms in total. The third-order valence-corrected chi connectivity index (χ3v) is 10.6. The average Bonchev–Trinajstić information content (AvgIpc) is 2.86. The second-order valence-corrected chi connectivity index (χ2v) is 12.4. The van der Waals surface area contributed by atoms with Crippen LogP contribution in [0.25, 0.3) is 20.2 Å². The van der Waals surface area contributed by atoms with Crippen LogP contribution in [-0.4, -0.2) is 49.5 Å². The number of benzene rings is 2. The van der Waals surface area contributed by atoms with E-state index in [-0.39, 0.29) is 16.9 Å². The zero-order valence-electron chi connectivity index (χ0n) is 19.7. The van der Waals surface area contributed by atoms with Crippen LogP contribution in [0.15, 0.2) is 50.9 Å². The van der Waals surface area contributed by atoms with Gasteiger partial charge < -0.3 is 18.9 Å². The summed E-state index contributed by atoms with van der Waals surface area (Å²) in [5, 5.41) is 0.540. The fraction of sp³-hybridized carbons (Fsp3) is 0.174. The molecule has 0 saturated heterocycles. The summed E-state index contributed by atoms with van der Waals surface area (Å²) in [5.74, 6) is 1.21. The first-order valence-corrected chi connectivity index (χ1v) is 14.4. The maximum atomic E-state index is 13.6. The standard InChI is InChI=1S/C23H18O10S4/c1-30-11-5-16(32-3)13-9-15(21(24)34-18(13)7-11)23(36(26)27)37(28,29)20-10-14-17(33-4)6-12(31-2)8-19(14)35-22(20)25/h5-10H,1-4H3. The molecule has 194 valence electrons. The molecule has 4 rings (SSSR count). The molecular weight excluding hydrogens is 565 g/mol. The molecule has 0 bridgehead atoms. The fourth-order valence-corrected chi connectivity index (χ4v) is 8.39. The van der Waals surface area contributed by atoms with Gasteiger partial charge in [0.25, 0.3) is 4.74 Å². The molecule has 0 radical (unpaired) electrons. The van der Waals surface area contributed by atoms with Gasteiger partial charge in [-0.05, 0) is 24.3 Å². The lowest BCUT2D eigenvalue weighted by atomic mass is 10.2. The number of methoxy groups -OCH3 is 4. The molecular formula is C23H18O10S4. The first-order chi connectivity index (χ1) is 17.5.